The summed E-state index contributed by atoms with van der Waals surface area (Å²) in [5, 5.41) is 3.38. The highest BCUT2D eigenvalue weighted by Gasteiger charge is 2.33. The second kappa shape index (κ2) is 9.38. The van der Waals surface area contributed by atoms with Crippen LogP contribution in [0.1, 0.15) is 57.1 Å². The van der Waals surface area contributed by atoms with E-state index in [1.807, 2.05) is 19.2 Å². The molecule has 1 aromatic carbocycles. The molecule has 3 unspecified atom stereocenters. The van der Waals surface area contributed by atoms with Gasteiger partial charge in [0.15, 0.2) is 0 Å². The first-order chi connectivity index (χ1) is 13.1. The van der Waals surface area contributed by atoms with Gasteiger partial charge < -0.3 is 10.1 Å². The van der Waals surface area contributed by atoms with Gasteiger partial charge in [-0.25, -0.2) is 9.38 Å². The van der Waals surface area contributed by atoms with E-state index >= 15 is 0 Å². The number of amidine groups is 1. The van der Waals surface area contributed by atoms with Crippen LogP contribution >= 0.6 is 0 Å². The highest BCUT2D eigenvalue weighted by molar-refractivity contribution is 5.88. The Labute approximate surface area is 163 Å². The number of halogens is 1. The predicted molar refractivity (Wildman–Crippen MR) is 110 cm³/mol. The molecular weight excluding hydrogens is 339 g/mol. The van der Waals surface area contributed by atoms with Crippen molar-refractivity contribution in [3.8, 4) is 5.75 Å². The van der Waals surface area contributed by atoms with Crippen molar-refractivity contribution in [2.45, 2.75) is 59.3 Å². The van der Waals surface area contributed by atoms with Crippen molar-refractivity contribution < 1.29 is 9.13 Å². The van der Waals surface area contributed by atoms with Crippen LogP contribution in [0.2, 0.25) is 0 Å². The fraction of sp³-hybridized carbons (Fsp3) is 0.609. The lowest BCUT2D eigenvalue weighted by Gasteiger charge is -2.20. The molecule has 3 nitrogen and oxygen atoms in total. The number of rotatable bonds is 9. The average molecular weight is 373 g/mol. The number of ether oxygens (including phenoxy) is 1. The van der Waals surface area contributed by atoms with Crippen LogP contribution in [-0.2, 0) is 6.42 Å². The van der Waals surface area contributed by atoms with E-state index < -0.39 is 0 Å². The Bertz CT molecular complexity index is 698. The fourth-order valence-corrected chi connectivity index (χ4v) is 4.35. The minimum absolute atomic E-state index is 0.145. The standard InChI is InChI=1S/C23H33FN2O/c1-4-7-17(5-2)9-11-27-22-14-21(24)18(12-16(22)3)13-19-15-26-23-20(19)8-6-10-25-23/h6,10,12,14,17,19-20H,4-5,7-9,11,13,15H2,1-3H3,(H,25,26). The molecule has 2 aliphatic heterocycles. The van der Waals surface area contributed by atoms with Gasteiger partial charge in [-0.2, -0.15) is 0 Å². The molecule has 1 N–H and O–H groups in total. The normalized spacial score (nSPS) is 22.1. The molecular formula is C23H33FN2O. The van der Waals surface area contributed by atoms with Crippen LogP contribution in [0, 0.1) is 30.5 Å². The first kappa shape index (κ1) is 19.9. The van der Waals surface area contributed by atoms with E-state index in [0.717, 1.165) is 42.8 Å². The number of hydrogen-bond acceptors (Lipinski definition) is 3. The highest BCUT2D eigenvalue weighted by atomic mass is 19.1. The van der Waals surface area contributed by atoms with E-state index in [1.54, 1.807) is 6.07 Å². The molecule has 4 heteroatoms. The zero-order valence-corrected chi connectivity index (χ0v) is 16.9. The molecule has 0 saturated carbocycles. The number of aliphatic imine (C=N–C) groups is 1. The maximum atomic E-state index is 14.7. The second-order valence-corrected chi connectivity index (χ2v) is 8.00. The van der Waals surface area contributed by atoms with Gasteiger partial charge in [-0.1, -0.05) is 39.2 Å². The summed E-state index contributed by atoms with van der Waals surface area (Å²) in [6, 6.07) is 3.56. The Hall–Kier alpha value is -1.84. The summed E-state index contributed by atoms with van der Waals surface area (Å²) in [5.41, 5.74) is 1.82. The van der Waals surface area contributed by atoms with Crippen LogP contribution in [0.4, 0.5) is 4.39 Å². The third-order valence-electron chi connectivity index (χ3n) is 6.06. The van der Waals surface area contributed by atoms with E-state index in [9.17, 15) is 4.39 Å². The summed E-state index contributed by atoms with van der Waals surface area (Å²) in [6.07, 6.45) is 10.4. The van der Waals surface area contributed by atoms with Crippen LogP contribution < -0.4 is 10.1 Å². The van der Waals surface area contributed by atoms with Crippen LogP contribution in [0.15, 0.2) is 29.4 Å². The molecule has 0 radical (unpaired) electrons. The summed E-state index contributed by atoms with van der Waals surface area (Å²) in [4.78, 5) is 4.42. The van der Waals surface area contributed by atoms with Crippen LogP contribution in [0.5, 0.6) is 5.75 Å². The molecule has 0 aromatic heterocycles. The minimum atomic E-state index is -0.145. The van der Waals surface area contributed by atoms with Crippen molar-refractivity contribution in [3.63, 3.8) is 0 Å². The van der Waals surface area contributed by atoms with Gasteiger partial charge in [0.1, 0.15) is 17.4 Å². The molecule has 0 aliphatic carbocycles. The van der Waals surface area contributed by atoms with Gasteiger partial charge >= 0.3 is 0 Å². The lowest BCUT2D eigenvalue weighted by atomic mass is 9.86. The Morgan fingerprint density at radius 2 is 2.15 bits per heavy atom. The van der Waals surface area contributed by atoms with Gasteiger partial charge in [0.05, 0.1) is 6.61 Å². The van der Waals surface area contributed by atoms with E-state index in [2.05, 4.69) is 30.2 Å². The van der Waals surface area contributed by atoms with Gasteiger partial charge in [-0.05, 0) is 55.2 Å². The van der Waals surface area contributed by atoms with Gasteiger partial charge in [0, 0.05) is 24.7 Å². The van der Waals surface area contributed by atoms with Crippen molar-refractivity contribution in [2.24, 2.45) is 22.7 Å². The number of nitrogens with zero attached hydrogens (tertiary/aromatic N) is 1. The van der Waals surface area contributed by atoms with Gasteiger partial charge in [0.25, 0.3) is 0 Å². The number of nitrogens with one attached hydrogen (secondary N) is 1. The quantitative estimate of drug-likeness (QED) is 0.628. The summed E-state index contributed by atoms with van der Waals surface area (Å²) < 4.78 is 20.7. The monoisotopic (exact) mass is 372 g/mol. The van der Waals surface area contributed by atoms with E-state index in [0.29, 0.717) is 30.1 Å². The van der Waals surface area contributed by atoms with Crippen molar-refractivity contribution in [1.29, 1.82) is 0 Å². The number of allylic oxidation sites excluding steroid dienone is 1. The molecule has 2 aliphatic rings. The molecule has 1 fully saturated rings. The van der Waals surface area contributed by atoms with E-state index in [1.165, 1.54) is 19.3 Å². The zero-order valence-electron chi connectivity index (χ0n) is 16.9. The molecule has 2 heterocycles. The molecule has 0 bridgehead atoms. The maximum absolute atomic E-state index is 14.7. The minimum Gasteiger partial charge on any atom is -0.493 e. The molecule has 0 amide bonds. The van der Waals surface area contributed by atoms with Gasteiger partial charge in [-0.15, -0.1) is 0 Å². The molecule has 3 rings (SSSR count). The lowest BCUT2D eigenvalue weighted by molar-refractivity contribution is 0.265. The molecule has 27 heavy (non-hydrogen) atoms. The Balaban J connectivity index is 1.60. The topological polar surface area (TPSA) is 33.6 Å². The summed E-state index contributed by atoms with van der Waals surface area (Å²) in [5.74, 6) is 3.11. The molecule has 1 saturated heterocycles. The molecule has 1 aromatic rings. The van der Waals surface area contributed by atoms with Crippen molar-refractivity contribution >= 4 is 5.84 Å². The van der Waals surface area contributed by atoms with Gasteiger partial charge in [-0.3, -0.25) is 0 Å². The SMILES string of the molecule is CCCC(CC)CCOc1cc(F)c(CC2CNC3=NC=CCC32)cc1C. The van der Waals surface area contributed by atoms with Crippen molar-refractivity contribution in [2.75, 3.05) is 13.2 Å². The summed E-state index contributed by atoms with van der Waals surface area (Å²) >= 11 is 0. The third-order valence-corrected chi connectivity index (χ3v) is 6.06. The van der Waals surface area contributed by atoms with E-state index in [4.69, 9.17) is 4.74 Å². The first-order valence-electron chi connectivity index (χ1n) is 10.5. The number of hydrogen-bond donors (Lipinski definition) is 1. The van der Waals surface area contributed by atoms with Gasteiger partial charge in [0.2, 0.25) is 0 Å². The molecule has 148 valence electrons. The van der Waals surface area contributed by atoms with E-state index in [-0.39, 0.29) is 5.82 Å². The van der Waals surface area contributed by atoms with Crippen molar-refractivity contribution in [3.05, 3.63) is 41.4 Å². The smallest absolute Gasteiger partial charge is 0.130 e. The first-order valence-corrected chi connectivity index (χ1v) is 10.5. The van der Waals surface area contributed by atoms with Crippen LogP contribution in [-0.4, -0.2) is 19.0 Å². The van der Waals surface area contributed by atoms with Crippen molar-refractivity contribution in [1.82, 2.24) is 5.32 Å². The largest absolute Gasteiger partial charge is 0.493 e. The third kappa shape index (κ3) is 4.91. The Morgan fingerprint density at radius 1 is 1.30 bits per heavy atom. The zero-order chi connectivity index (χ0) is 19.2. The Morgan fingerprint density at radius 3 is 2.93 bits per heavy atom. The maximum Gasteiger partial charge on any atom is 0.130 e. The Kier molecular flexibility index (Phi) is 6.92. The van der Waals surface area contributed by atoms with Crippen LogP contribution in [0.3, 0.4) is 0 Å². The number of aryl methyl sites for hydroxylation is 1. The average Bonchev–Trinajstić information content (AvgIpc) is 3.07. The predicted octanol–water partition coefficient (Wildman–Crippen LogP) is 5.42. The molecule has 0 spiro atoms. The summed E-state index contributed by atoms with van der Waals surface area (Å²) in [7, 11) is 0. The second-order valence-electron chi connectivity index (χ2n) is 8.00. The lowest BCUT2D eigenvalue weighted by Crippen LogP contribution is -2.21. The number of fused-ring (bicyclic) bond motifs is 1. The fourth-order valence-electron chi connectivity index (χ4n) is 4.35. The summed E-state index contributed by atoms with van der Waals surface area (Å²) in [6.45, 7) is 8.01. The van der Waals surface area contributed by atoms with Crippen LogP contribution in [0.25, 0.3) is 0 Å². The molecule has 3 atom stereocenters. The highest BCUT2D eigenvalue weighted by Crippen LogP contribution is 2.31. The number of benzene rings is 1.